The molecule has 0 aliphatic heterocycles. The number of nitrogens with zero attached hydrogens (tertiary/aromatic N) is 3. The van der Waals surface area contributed by atoms with Gasteiger partial charge in [0.15, 0.2) is 0 Å². The van der Waals surface area contributed by atoms with E-state index in [-0.39, 0.29) is 23.7 Å². The molecular weight excluding hydrogens is 408 g/mol. The molecule has 9 heteroatoms. The van der Waals surface area contributed by atoms with E-state index in [4.69, 9.17) is 16.3 Å². The molecule has 0 spiro atoms. The van der Waals surface area contributed by atoms with Gasteiger partial charge in [-0.15, -0.1) is 0 Å². The van der Waals surface area contributed by atoms with Gasteiger partial charge in [0.2, 0.25) is 5.91 Å². The lowest BCUT2D eigenvalue weighted by molar-refractivity contribution is -0.384. The second-order valence-electron chi connectivity index (χ2n) is 7.06. The van der Waals surface area contributed by atoms with E-state index in [1.165, 1.54) is 23.0 Å². The third kappa shape index (κ3) is 4.77. The zero-order valence-electron chi connectivity index (χ0n) is 17.0. The predicted molar refractivity (Wildman–Crippen MR) is 114 cm³/mol. The highest BCUT2D eigenvalue weighted by Crippen LogP contribution is 2.33. The quantitative estimate of drug-likeness (QED) is 0.434. The summed E-state index contributed by atoms with van der Waals surface area (Å²) in [4.78, 5) is 23.2. The Morgan fingerprint density at radius 1 is 1.20 bits per heavy atom. The average molecular weight is 429 g/mol. The van der Waals surface area contributed by atoms with Crippen LogP contribution >= 0.6 is 11.6 Å². The first kappa shape index (κ1) is 21.3. The van der Waals surface area contributed by atoms with E-state index in [1.807, 2.05) is 32.9 Å². The first-order valence-electron chi connectivity index (χ1n) is 9.17. The van der Waals surface area contributed by atoms with Crippen molar-refractivity contribution in [2.24, 2.45) is 0 Å². The van der Waals surface area contributed by atoms with Crippen molar-refractivity contribution in [2.75, 3.05) is 5.32 Å². The largest absolute Gasteiger partial charge is 0.457 e. The van der Waals surface area contributed by atoms with Crippen molar-refractivity contribution in [1.29, 1.82) is 0 Å². The van der Waals surface area contributed by atoms with Gasteiger partial charge in [0, 0.05) is 12.1 Å². The zero-order chi connectivity index (χ0) is 22.0. The number of anilines is 1. The molecule has 0 unspecified atom stereocenters. The Bertz CT molecular complexity index is 1140. The lowest BCUT2D eigenvalue weighted by atomic mass is 10.1. The molecule has 1 N–H and O–H groups in total. The third-order valence-corrected chi connectivity index (χ3v) is 5.09. The second-order valence-corrected chi connectivity index (χ2v) is 7.47. The van der Waals surface area contributed by atoms with Crippen LogP contribution in [0.5, 0.6) is 11.5 Å². The fourth-order valence-corrected chi connectivity index (χ4v) is 3.11. The van der Waals surface area contributed by atoms with Crippen LogP contribution in [0, 0.1) is 37.8 Å². The lowest BCUT2D eigenvalue weighted by Gasteiger charge is -2.13. The molecule has 0 aliphatic carbocycles. The number of halogens is 1. The Labute approximate surface area is 178 Å². The number of nitrogens with one attached hydrogen (secondary N) is 1. The molecule has 3 rings (SSSR count). The molecule has 3 aromatic rings. The van der Waals surface area contributed by atoms with Crippen LogP contribution in [0.1, 0.15) is 22.4 Å². The Kier molecular flexibility index (Phi) is 6.07. The van der Waals surface area contributed by atoms with Crippen LogP contribution in [0.2, 0.25) is 5.02 Å². The smallest absolute Gasteiger partial charge is 0.275 e. The van der Waals surface area contributed by atoms with Crippen LogP contribution in [-0.4, -0.2) is 20.6 Å². The molecule has 8 nitrogen and oxygen atoms in total. The summed E-state index contributed by atoms with van der Waals surface area (Å²) in [5.74, 6) is 0.463. The van der Waals surface area contributed by atoms with E-state index in [1.54, 1.807) is 13.0 Å². The number of aromatic nitrogens is 2. The molecule has 0 atom stereocenters. The Hall–Kier alpha value is -3.39. The van der Waals surface area contributed by atoms with Crippen molar-refractivity contribution in [2.45, 2.75) is 34.2 Å². The molecule has 0 bridgehead atoms. The number of aryl methyl sites for hydroxylation is 2. The molecule has 1 aromatic heterocycles. The fraction of sp³-hybridized carbons (Fsp3) is 0.238. The number of nitro benzene ring substituents is 1. The molecule has 0 fully saturated rings. The lowest BCUT2D eigenvalue weighted by Crippen LogP contribution is -2.20. The maximum Gasteiger partial charge on any atom is 0.275 e. The van der Waals surface area contributed by atoms with Crippen LogP contribution in [0.4, 0.5) is 11.4 Å². The van der Waals surface area contributed by atoms with Gasteiger partial charge in [-0.05, 0) is 50.5 Å². The van der Waals surface area contributed by atoms with Gasteiger partial charge in [0.25, 0.3) is 5.69 Å². The molecular formula is C21H21ClN4O4. The van der Waals surface area contributed by atoms with E-state index < -0.39 is 10.8 Å². The van der Waals surface area contributed by atoms with Crippen LogP contribution < -0.4 is 10.1 Å². The van der Waals surface area contributed by atoms with Gasteiger partial charge in [-0.1, -0.05) is 17.7 Å². The molecule has 156 valence electrons. The minimum absolute atomic E-state index is 0.0758. The highest BCUT2D eigenvalue weighted by atomic mass is 35.5. The molecule has 0 radical (unpaired) electrons. The number of carbonyl (C=O) groups is 1. The molecule has 0 aliphatic rings. The zero-order valence-corrected chi connectivity index (χ0v) is 17.8. The fourth-order valence-electron chi connectivity index (χ4n) is 2.97. The highest BCUT2D eigenvalue weighted by Gasteiger charge is 2.15. The van der Waals surface area contributed by atoms with Gasteiger partial charge < -0.3 is 10.1 Å². The number of non-ortho nitro benzene ring substituents is 1. The number of ether oxygens (including phenoxy) is 1. The SMILES string of the molecule is Cc1cc(C)c(C)c(Oc2cc(NC(=O)Cn3ncc(Cl)c3C)cc([N+](=O)[O-])c2)c1. The van der Waals surface area contributed by atoms with Crippen molar-refractivity contribution in [1.82, 2.24) is 9.78 Å². The third-order valence-electron chi connectivity index (χ3n) is 4.71. The number of amides is 1. The summed E-state index contributed by atoms with van der Waals surface area (Å²) in [6.45, 7) is 7.50. The van der Waals surface area contributed by atoms with Gasteiger partial charge in [0.1, 0.15) is 18.0 Å². The summed E-state index contributed by atoms with van der Waals surface area (Å²) < 4.78 is 7.38. The molecule has 2 aromatic carbocycles. The minimum atomic E-state index is -0.533. The maximum atomic E-state index is 12.4. The van der Waals surface area contributed by atoms with Gasteiger partial charge in [-0.3, -0.25) is 19.6 Å². The van der Waals surface area contributed by atoms with Crippen molar-refractivity contribution < 1.29 is 14.5 Å². The number of benzene rings is 2. The Morgan fingerprint density at radius 2 is 1.93 bits per heavy atom. The van der Waals surface area contributed by atoms with Crippen LogP contribution in [0.3, 0.4) is 0 Å². The van der Waals surface area contributed by atoms with Crippen LogP contribution in [0.15, 0.2) is 36.5 Å². The van der Waals surface area contributed by atoms with E-state index in [9.17, 15) is 14.9 Å². The van der Waals surface area contributed by atoms with Gasteiger partial charge in [0.05, 0.1) is 33.6 Å². The van der Waals surface area contributed by atoms with Crippen LogP contribution in [-0.2, 0) is 11.3 Å². The number of rotatable bonds is 6. The van der Waals surface area contributed by atoms with Crippen molar-refractivity contribution in [3.63, 3.8) is 0 Å². The van der Waals surface area contributed by atoms with E-state index >= 15 is 0 Å². The van der Waals surface area contributed by atoms with Crippen LogP contribution in [0.25, 0.3) is 0 Å². The molecule has 1 heterocycles. The first-order chi connectivity index (χ1) is 14.1. The summed E-state index contributed by atoms with van der Waals surface area (Å²) in [7, 11) is 0. The number of hydrogen-bond donors (Lipinski definition) is 1. The normalized spacial score (nSPS) is 10.7. The average Bonchev–Trinajstić information content (AvgIpc) is 2.97. The van der Waals surface area contributed by atoms with Crippen molar-refractivity contribution in [3.8, 4) is 11.5 Å². The molecule has 0 saturated heterocycles. The van der Waals surface area contributed by atoms with E-state index in [0.29, 0.717) is 16.5 Å². The molecule has 1 amide bonds. The maximum absolute atomic E-state index is 12.4. The Morgan fingerprint density at radius 3 is 2.57 bits per heavy atom. The molecule has 30 heavy (non-hydrogen) atoms. The summed E-state index contributed by atoms with van der Waals surface area (Å²) >= 11 is 5.95. The van der Waals surface area contributed by atoms with Gasteiger partial charge in [-0.2, -0.15) is 5.10 Å². The minimum Gasteiger partial charge on any atom is -0.457 e. The summed E-state index contributed by atoms with van der Waals surface area (Å²) in [6.07, 6.45) is 1.45. The molecule has 0 saturated carbocycles. The number of hydrogen-bond acceptors (Lipinski definition) is 5. The second kappa shape index (κ2) is 8.54. The highest BCUT2D eigenvalue weighted by molar-refractivity contribution is 6.31. The summed E-state index contributed by atoms with van der Waals surface area (Å²) in [5.41, 5.74) is 3.71. The monoisotopic (exact) mass is 428 g/mol. The van der Waals surface area contributed by atoms with Gasteiger partial charge >= 0.3 is 0 Å². The summed E-state index contributed by atoms with van der Waals surface area (Å²) in [6, 6.07) is 8.05. The predicted octanol–water partition coefficient (Wildman–Crippen LogP) is 5.11. The summed E-state index contributed by atoms with van der Waals surface area (Å²) in [5, 5.41) is 18.5. The Balaban J connectivity index is 1.87. The standard InChI is InChI=1S/C21H21ClN4O4/c1-12-5-13(2)14(3)20(6-12)30-18-8-16(7-17(9-18)26(28)29)24-21(27)11-25-15(4)19(22)10-23-25/h5-10H,11H2,1-4H3,(H,24,27). The van der Waals surface area contributed by atoms with Crippen molar-refractivity contribution >= 4 is 28.9 Å². The van der Waals surface area contributed by atoms with E-state index in [2.05, 4.69) is 10.4 Å². The number of nitro groups is 1. The van der Waals surface area contributed by atoms with Crippen molar-refractivity contribution in [3.05, 3.63) is 74.0 Å². The van der Waals surface area contributed by atoms with E-state index in [0.717, 1.165) is 16.7 Å². The first-order valence-corrected chi connectivity index (χ1v) is 9.55. The van der Waals surface area contributed by atoms with Gasteiger partial charge in [-0.25, -0.2) is 0 Å². The topological polar surface area (TPSA) is 99.3 Å². The number of carbonyl (C=O) groups excluding carboxylic acids is 1.